The summed E-state index contributed by atoms with van der Waals surface area (Å²) in [6.07, 6.45) is 3.62. The second-order valence-electron chi connectivity index (χ2n) is 7.12. The van der Waals surface area contributed by atoms with E-state index in [0.29, 0.717) is 26.2 Å². The number of benzene rings is 1. The number of nitrogens with two attached hydrogens (primary N) is 1. The van der Waals surface area contributed by atoms with Crippen LogP contribution in [0.2, 0.25) is 0 Å². The Kier molecular flexibility index (Phi) is 6.60. The van der Waals surface area contributed by atoms with E-state index in [2.05, 4.69) is 15.5 Å². The summed E-state index contributed by atoms with van der Waals surface area (Å²) in [5.41, 5.74) is 7.47. The van der Waals surface area contributed by atoms with Gasteiger partial charge in [-0.15, -0.1) is 0 Å². The summed E-state index contributed by atoms with van der Waals surface area (Å²) < 4.78 is 5.28. The molecule has 2 atom stereocenters. The molecule has 1 aromatic carbocycles. The van der Waals surface area contributed by atoms with Crippen LogP contribution in [-0.2, 0) is 14.3 Å². The number of anilines is 2. The molecule has 1 aliphatic carbocycles. The molecule has 7 heteroatoms. The predicted molar refractivity (Wildman–Crippen MR) is 101 cm³/mol. The fourth-order valence-electron chi connectivity index (χ4n) is 3.57. The average molecular weight is 360 g/mol. The van der Waals surface area contributed by atoms with Crippen LogP contribution in [0.25, 0.3) is 0 Å². The van der Waals surface area contributed by atoms with Gasteiger partial charge < -0.3 is 21.1 Å². The van der Waals surface area contributed by atoms with Crippen molar-refractivity contribution in [3.05, 3.63) is 24.3 Å². The molecule has 2 aliphatic rings. The molecule has 2 fully saturated rings. The molecule has 0 unspecified atom stereocenters. The van der Waals surface area contributed by atoms with E-state index in [1.54, 1.807) is 24.3 Å². The average Bonchev–Trinajstić information content (AvgIpc) is 3.02. The molecule has 1 saturated carbocycles. The van der Waals surface area contributed by atoms with Gasteiger partial charge in [0.2, 0.25) is 11.8 Å². The van der Waals surface area contributed by atoms with Crippen molar-refractivity contribution in [3.63, 3.8) is 0 Å². The fourth-order valence-corrected chi connectivity index (χ4v) is 3.57. The summed E-state index contributed by atoms with van der Waals surface area (Å²) in [5, 5.41) is 5.79. The number of rotatable bonds is 6. The van der Waals surface area contributed by atoms with Crippen LogP contribution in [0.15, 0.2) is 24.3 Å². The van der Waals surface area contributed by atoms with Gasteiger partial charge in [-0.05, 0) is 43.0 Å². The van der Waals surface area contributed by atoms with Crippen LogP contribution in [0.4, 0.5) is 11.4 Å². The van der Waals surface area contributed by atoms with Crippen molar-refractivity contribution in [3.8, 4) is 0 Å². The lowest BCUT2D eigenvalue weighted by molar-refractivity contribution is -0.118. The van der Waals surface area contributed by atoms with Crippen molar-refractivity contribution in [1.29, 1.82) is 0 Å². The number of carbonyl (C=O) groups is 2. The number of amides is 2. The van der Waals surface area contributed by atoms with Crippen LogP contribution in [-0.4, -0.2) is 55.6 Å². The highest BCUT2D eigenvalue weighted by Gasteiger charge is 2.26. The molecule has 1 aromatic rings. The Hall–Kier alpha value is -1.96. The summed E-state index contributed by atoms with van der Waals surface area (Å²) in [5.74, 6) is 0.240. The smallest absolute Gasteiger partial charge is 0.238 e. The summed E-state index contributed by atoms with van der Waals surface area (Å²) in [7, 11) is 0. The monoisotopic (exact) mass is 360 g/mol. The van der Waals surface area contributed by atoms with Gasteiger partial charge >= 0.3 is 0 Å². The zero-order valence-corrected chi connectivity index (χ0v) is 15.1. The molecule has 0 spiro atoms. The lowest BCUT2D eigenvalue weighted by atomic mass is 10.00. The third-order valence-electron chi connectivity index (χ3n) is 5.09. The Labute approximate surface area is 154 Å². The first kappa shape index (κ1) is 18.8. The minimum Gasteiger partial charge on any atom is -0.379 e. The molecule has 142 valence electrons. The molecule has 1 saturated heterocycles. The number of carbonyl (C=O) groups excluding carboxylic acids is 2. The van der Waals surface area contributed by atoms with Gasteiger partial charge in [0.05, 0.1) is 19.8 Å². The van der Waals surface area contributed by atoms with Crippen molar-refractivity contribution >= 4 is 23.2 Å². The maximum Gasteiger partial charge on any atom is 0.238 e. The van der Waals surface area contributed by atoms with E-state index in [1.807, 2.05) is 0 Å². The maximum absolute atomic E-state index is 12.1. The summed E-state index contributed by atoms with van der Waals surface area (Å²) >= 11 is 0. The van der Waals surface area contributed by atoms with Crippen LogP contribution < -0.4 is 16.4 Å². The minimum absolute atomic E-state index is 0.00328. The van der Waals surface area contributed by atoms with E-state index < -0.39 is 0 Å². The van der Waals surface area contributed by atoms with Crippen LogP contribution in [0.1, 0.15) is 25.7 Å². The quantitative estimate of drug-likeness (QED) is 0.713. The molecule has 0 aromatic heterocycles. The number of nitrogens with one attached hydrogen (secondary N) is 2. The summed E-state index contributed by atoms with van der Waals surface area (Å²) in [6, 6.07) is 7.35. The lowest BCUT2D eigenvalue weighted by Gasteiger charge is -2.25. The normalized spacial score (nSPS) is 23.6. The number of nitrogens with zero attached hydrogens (tertiary/aromatic N) is 1. The molecule has 26 heavy (non-hydrogen) atoms. The molecule has 0 bridgehead atoms. The predicted octanol–water partition coefficient (Wildman–Crippen LogP) is 1.41. The molecule has 0 radical (unpaired) electrons. The second-order valence-corrected chi connectivity index (χ2v) is 7.12. The first-order valence-electron chi connectivity index (χ1n) is 9.35. The van der Waals surface area contributed by atoms with Gasteiger partial charge in [0.1, 0.15) is 0 Å². The first-order valence-corrected chi connectivity index (χ1v) is 9.35. The summed E-state index contributed by atoms with van der Waals surface area (Å²) in [4.78, 5) is 26.3. The number of hydrogen-bond acceptors (Lipinski definition) is 5. The van der Waals surface area contributed by atoms with Crippen LogP contribution in [0.3, 0.4) is 0 Å². The van der Waals surface area contributed by atoms with Gasteiger partial charge in [0.15, 0.2) is 0 Å². The van der Waals surface area contributed by atoms with Gasteiger partial charge in [-0.1, -0.05) is 6.42 Å². The fraction of sp³-hybridized carbons (Fsp3) is 0.579. The van der Waals surface area contributed by atoms with Gasteiger partial charge in [-0.25, -0.2) is 0 Å². The van der Waals surface area contributed by atoms with Crippen molar-refractivity contribution in [2.24, 2.45) is 11.7 Å². The topological polar surface area (TPSA) is 96.7 Å². The van der Waals surface area contributed by atoms with E-state index in [9.17, 15) is 9.59 Å². The zero-order chi connectivity index (χ0) is 18.4. The van der Waals surface area contributed by atoms with E-state index in [1.165, 1.54) is 0 Å². The van der Waals surface area contributed by atoms with E-state index in [4.69, 9.17) is 10.5 Å². The Morgan fingerprint density at radius 3 is 2.23 bits per heavy atom. The Morgan fingerprint density at radius 2 is 1.65 bits per heavy atom. The molecule has 3 rings (SSSR count). The molecule has 1 heterocycles. The molecule has 7 nitrogen and oxygen atoms in total. The largest absolute Gasteiger partial charge is 0.379 e. The SMILES string of the molecule is N[C@@H]1CCC[C@H]1CC(=O)Nc1ccc(NC(=O)CN2CCOCC2)cc1. The van der Waals surface area contributed by atoms with Crippen LogP contribution in [0.5, 0.6) is 0 Å². The third-order valence-corrected chi connectivity index (χ3v) is 5.09. The van der Waals surface area contributed by atoms with Crippen molar-refractivity contribution in [2.75, 3.05) is 43.5 Å². The number of hydrogen-bond donors (Lipinski definition) is 3. The first-order chi connectivity index (χ1) is 12.6. The second kappa shape index (κ2) is 9.12. The van der Waals surface area contributed by atoms with Crippen molar-refractivity contribution < 1.29 is 14.3 Å². The van der Waals surface area contributed by atoms with E-state index in [0.717, 1.165) is 43.7 Å². The molecular formula is C19H28N4O3. The molecule has 2 amide bonds. The standard InChI is InChI=1S/C19H28N4O3/c20-17-3-1-2-14(17)12-18(24)21-15-4-6-16(7-5-15)22-19(25)13-23-8-10-26-11-9-23/h4-7,14,17H,1-3,8-13,20H2,(H,21,24)(H,22,25)/t14-,17+/m0/s1. The van der Waals surface area contributed by atoms with E-state index >= 15 is 0 Å². The molecule has 4 N–H and O–H groups in total. The Morgan fingerprint density at radius 1 is 1.04 bits per heavy atom. The molecular weight excluding hydrogens is 332 g/mol. The Bertz CT molecular complexity index is 614. The highest BCUT2D eigenvalue weighted by Crippen LogP contribution is 2.27. The zero-order valence-electron chi connectivity index (χ0n) is 15.1. The highest BCUT2D eigenvalue weighted by atomic mass is 16.5. The van der Waals surface area contributed by atoms with Crippen LogP contribution in [0, 0.1) is 5.92 Å². The van der Waals surface area contributed by atoms with Crippen molar-refractivity contribution in [2.45, 2.75) is 31.7 Å². The highest BCUT2D eigenvalue weighted by molar-refractivity contribution is 5.93. The van der Waals surface area contributed by atoms with Gasteiger partial charge in [0.25, 0.3) is 0 Å². The van der Waals surface area contributed by atoms with Gasteiger partial charge in [0, 0.05) is 36.9 Å². The maximum atomic E-state index is 12.1. The molecule has 1 aliphatic heterocycles. The van der Waals surface area contributed by atoms with Gasteiger partial charge in [-0.2, -0.15) is 0 Å². The van der Waals surface area contributed by atoms with Gasteiger partial charge in [-0.3, -0.25) is 14.5 Å². The van der Waals surface area contributed by atoms with Crippen molar-refractivity contribution in [1.82, 2.24) is 4.90 Å². The number of ether oxygens (including phenoxy) is 1. The minimum atomic E-state index is -0.0427. The van der Waals surface area contributed by atoms with E-state index in [-0.39, 0.29) is 23.8 Å². The number of morpholine rings is 1. The third kappa shape index (κ3) is 5.52. The van der Waals surface area contributed by atoms with Crippen LogP contribution >= 0.6 is 0 Å². The lowest BCUT2D eigenvalue weighted by Crippen LogP contribution is -2.41. The summed E-state index contributed by atoms with van der Waals surface area (Å²) in [6.45, 7) is 3.27. The Balaban J connectivity index is 1.43.